The van der Waals surface area contributed by atoms with Gasteiger partial charge >= 0.3 is 23.9 Å². The van der Waals surface area contributed by atoms with Gasteiger partial charge in [0.15, 0.2) is 23.0 Å². The number of hydrogen-bond acceptors (Lipinski definition) is 11. The second-order valence-corrected chi connectivity index (χ2v) is 8.50. The Morgan fingerprint density at radius 3 is 1.90 bits per heavy atom. The van der Waals surface area contributed by atoms with Crippen molar-refractivity contribution in [1.82, 2.24) is 10.6 Å². The molecule has 14 heteroatoms. The van der Waals surface area contributed by atoms with Crippen LogP contribution >= 0.6 is 0 Å². The fraction of sp³-hybridized carbons (Fsp3) is 0.296. The third-order valence-corrected chi connectivity index (χ3v) is 5.04. The molecule has 0 aliphatic rings. The number of hydrogen-bond donors (Lipinski definition) is 3. The summed E-state index contributed by atoms with van der Waals surface area (Å²) in [5, 5.41) is 5.06. The molecule has 0 aliphatic carbocycles. The Hall–Kier alpha value is -5.27. The second-order valence-electron chi connectivity index (χ2n) is 8.50. The molecule has 0 bridgehead atoms. The van der Waals surface area contributed by atoms with Crippen molar-refractivity contribution in [3.05, 3.63) is 47.5 Å². The molecule has 2 aromatic carbocycles. The average Bonchev–Trinajstić information content (AvgIpc) is 2.86. The Morgan fingerprint density at radius 2 is 1.32 bits per heavy atom. The van der Waals surface area contributed by atoms with E-state index in [9.17, 15) is 33.6 Å². The van der Waals surface area contributed by atoms with Crippen LogP contribution in [0, 0.1) is 0 Å². The van der Waals surface area contributed by atoms with Gasteiger partial charge in [-0.05, 0) is 43.2 Å². The lowest BCUT2D eigenvalue weighted by Gasteiger charge is -2.18. The molecule has 41 heavy (non-hydrogen) atoms. The molecule has 0 heterocycles. The zero-order valence-corrected chi connectivity index (χ0v) is 22.7. The number of nitrogens with one attached hydrogen (secondary N) is 2. The average molecular weight is 572 g/mol. The zero-order chi connectivity index (χ0) is 30.7. The van der Waals surface area contributed by atoms with Gasteiger partial charge in [0.2, 0.25) is 5.91 Å². The van der Waals surface area contributed by atoms with E-state index in [0.717, 1.165) is 20.8 Å². The van der Waals surface area contributed by atoms with E-state index in [1.54, 1.807) is 0 Å². The second kappa shape index (κ2) is 14.8. The molecule has 0 spiro atoms. The minimum Gasteiger partial charge on any atom is -0.423 e. The molecule has 0 unspecified atom stereocenters. The van der Waals surface area contributed by atoms with Crippen molar-refractivity contribution in [2.24, 2.45) is 5.73 Å². The number of para-hydroxylation sites is 1. The van der Waals surface area contributed by atoms with E-state index < -0.39 is 47.6 Å². The normalized spacial score (nSPS) is 10.9. The molecule has 0 saturated heterocycles. The molecule has 2 aromatic rings. The number of carbonyl (C=O) groups excluding carboxylic acids is 7. The van der Waals surface area contributed by atoms with Gasteiger partial charge in [-0.2, -0.15) is 0 Å². The third-order valence-electron chi connectivity index (χ3n) is 5.04. The largest absolute Gasteiger partial charge is 0.423 e. The van der Waals surface area contributed by atoms with Crippen molar-refractivity contribution in [1.29, 1.82) is 0 Å². The van der Waals surface area contributed by atoms with Gasteiger partial charge in [0, 0.05) is 39.8 Å². The summed E-state index contributed by atoms with van der Waals surface area (Å²) < 4.78 is 20.1. The highest BCUT2D eigenvalue weighted by atomic mass is 16.6. The summed E-state index contributed by atoms with van der Waals surface area (Å²) in [6.45, 7) is 4.60. The Labute approximate surface area is 234 Å². The van der Waals surface area contributed by atoms with Gasteiger partial charge in [0.1, 0.15) is 6.04 Å². The number of amides is 3. The number of ether oxygens (including phenoxy) is 4. The molecule has 218 valence electrons. The Kier molecular flexibility index (Phi) is 11.5. The third kappa shape index (κ3) is 10.1. The molecular weight excluding hydrogens is 542 g/mol. The summed E-state index contributed by atoms with van der Waals surface area (Å²) in [4.78, 5) is 83.2. The summed E-state index contributed by atoms with van der Waals surface area (Å²) in [6, 6.07) is 6.73. The van der Waals surface area contributed by atoms with Crippen LogP contribution in [0.4, 0.5) is 0 Å². The van der Waals surface area contributed by atoms with E-state index in [0.29, 0.717) is 0 Å². The van der Waals surface area contributed by atoms with Crippen LogP contribution in [-0.2, 0) is 24.0 Å². The molecule has 0 saturated carbocycles. The number of rotatable bonds is 12. The van der Waals surface area contributed by atoms with Crippen LogP contribution in [0.3, 0.4) is 0 Å². The van der Waals surface area contributed by atoms with Crippen molar-refractivity contribution >= 4 is 41.6 Å². The molecule has 0 radical (unpaired) electrons. The highest BCUT2D eigenvalue weighted by molar-refractivity contribution is 6.01. The molecule has 14 nitrogen and oxygen atoms in total. The molecule has 1 atom stereocenters. The first-order valence-electron chi connectivity index (χ1n) is 12.2. The molecule has 0 fully saturated rings. The Balaban J connectivity index is 2.06. The predicted octanol–water partition coefficient (Wildman–Crippen LogP) is 1.18. The summed E-state index contributed by atoms with van der Waals surface area (Å²) in [5.41, 5.74) is 5.36. The first kappa shape index (κ1) is 31.9. The lowest BCUT2D eigenvalue weighted by Crippen LogP contribution is -2.45. The molecule has 0 aromatic heterocycles. The smallest absolute Gasteiger partial charge is 0.308 e. The van der Waals surface area contributed by atoms with Crippen LogP contribution in [0.15, 0.2) is 36.4 Å². The van der Waals surface area contributed by atoms with Crippen LogP contribution in [0.1, 0.15) is 61.3 Å². The zero-order valence-electron chi connectivity index (χ0n) is 22.7. The van der Waals surface area contributed by atoms with E-state index in [1.165, 1.54) is 43.3 Å². The quantitative estimate of drug-likeness (QED) is 0.187. The highest BCUT2D eigenvalue weighted by Crippen LogP contribution is 2.32. The fourth-order valence-corrected chi connectivity index (χ4v) is 3.43. The van der Waals surface area contributed by atoms with E-state index in [1.807, 2.05) is 0 Å². The van der Waals surface area contributed by atoms with Crippen LogP contribution in [0.2, 0.25) is 0 Å². The summed E-state index contributed by atoms with van der Waals surface area (Å²) in [6.07, 6.45) is 0.226. The lowest BCUT2D eigenvalue weighted by molar-refractivity contribution is -0.134. The van der Waals surface area contributed by atoms with Gasteiger partial charge in [-0.1, -0.05) is 6.07 Å². The van der Waals surface area contributed by atoms with Gasteiger partial charge in [-0.3, -0.25) is 33.6 Å². The summed E-state index contributed by atoms with van der Waals surface area (Å²) in [7, 11) is 0. The molecule has 3 amide bonds. The van der Waals surface area contributed by atoms with Gasteiger partial charge in [-0.15, -0.1) is 0 Å². The van der Waals surface area contributed by atoms with Gasteiger partial charge in [0.25, 0.3) is 11.8 Å². The molecule has 2 rings (SSSR count). The van der Waals surface area contributed by atoms with Crippen molar-refractivity contribution < 1.29 is 52.5 Å². The number of nitrogens with two attached hydrogens (primary N) is 1. The molecular formula is C27H29N3O11. The Bertz CT molecular complexity index is 1370. The maximum absolute atomic E-state index is 12.9. The minimum absolute atomic E-state index is 0.0258. The number of esters is 4. The topological polar surface area (TPSA) is 206 Å². The SMILES string of the molecule is CC(=O)Oc1ccc(C(=O)NCCC[C@H](NC(=O)c2cccc(OC(C)=O)c2OC(C)=O)C(N)=O)cc1OC(C)=O. The van der Waals surface area contributed by atoms with Gasteiger partial charge in [-0.25, -0.2) is 0 Å². The summed E-state index contributed by atoms with van der Waals surface area (Å²) in [5.74, 6) is -5.70. The van der Waals surface area contributed by atoms with E-state index in [-0.39, 0.29) is 53.5 Å². The van der Waals surface area contributed by atoms with Crippen LogP contribution in [0.25, 0.3) is 0 Å². The number of primary amides is 1. The fourth-order valence-electron chi connectivity index (χ4n) is 3.43. The lowest BCUT2D eigenvalue weighted by atomic mass is 10.1. The van der Waals surface area contributed by atoms with Gasteiger partial charge < -0.3 is 35.3 Å². The first-order chi connectivity index (χ1) is 19.3. The first-order valence-corrected chi connectivity index (χ1v) is 12.2. The summed E-state index contributed by atoms with van der Waals surface area (Å²) >= 11 is 0. The molecule has 4 N–H and O–H groups in total. The van der Waals surface area contributed by atoms with Gasteiger partial charge in [0.05, 0.1) is 5.56 Å². The maximum atomic E-state index is 12.9. The van der Waals surface area contributed by atoms with Crippen molar-refractivity contribution in [2.45, 2.75) is 46.6 Å². The van der Waals surface area contributed by atoms with Crippen molar-refractivity contribution in [3.63, 3.8) is 0 Å². The highest BCUT2D eigenvalue weighted by Gasteiger charge is 2.24. The van der Waals surface area contributed by atoms with E-state index >= 15 is 0 Å². The van der Waals surface area contributed by atoms with Crippen molar-refractivity contribution in [2.75, 3.05) is 6.54 Å². The minimum atomic E-state index is -1.17. The molecule has 0 aliphatic heterocycles. The monoisotopic (exact) mass is 571 g/mol. The Morgan fingerprint density at radius 1 is 0.732 bits per heavy atom. The number of carbonyl (C=O) groups is 7. The van der Waals surface area contributed by atoms with E-state index in [4.69, 9.17) is 24.7 Å². The van der Waals surface area contributed by atoms with Crippen molar-refractivity contribution in [3.8, 4) is 23.0 Å². The van der Waals surface area contributed by atoms with Crippen LogP contribution in [-0.4, -0.2) is 54.2 Å². The van der Waals surface area contributed by atoms with Crippen LogP contribution in [0.5, 0.6) is 23.0 Å². The van der Waals surface area contributed by atoms with Crippen LogP contribution < -0.4 is 35.3 Å². The maximum Gasteiger partial charge on any atom is 0.308 e. The number of benzene rings is 2. The standard InChI is InChI=1S/C27H29N3O11/c1-14(31)38-21-11-10-18(13-23(21)40-16(3)33)26(36)29-12-6-8-20(25(28)35)30-27(37)19-7-5-9-22(39-15(2)32)24(19)41-17(4)34/h5,7,9-11,13,20H,6,8,12H2,1-4H3,(H2,28,35)(H,29,36)(H,30,37)/t20-/m0/s1. The predicted molar refractivity (Wildman–Crippen MR) is 140 cm³/mol. The van der Waals surface area contributed by atoms with E-state index in [2.05, 4.69) is 10.6 Å².